The molecule has 0 radical (unpaired) electrons. The van der Waals surface area contributed by atoms with Crippen LogP contribution in [0, 0.1) is 0 Å². The number of ether oxygens (including phenoxy) is 1. The van der Waals surface area contributed by atoms with Crippen LogP contribution < -0.4 is 26.4 Å². The number of rotatable bonds is 8. The van der Waals surface area contributed by atoms with Gasteiger partial charge in [0.05, 0.1) is 31.7 Å². The first-order chi connectivity index (χ1) is 15.9. The van der Waals surface area contributed by atoms with E-state index < -0.39 is 0 Å². The third kappa shape index (κ3) is 4.28. The number of carbonyl (C=O) groups is 1. The summed E-state index contributed by atoms with van der Waals surface area (Å²) in [6, 6.07) is 7.27. The van der Waals surface area contributed by atoms with E-state index in [1.165, 1.54) is 17.6 Å². The number of methoxy groups -OCH3 is 1. The minimum absolute atomic E-state index is 0.268. The first-order valence-corrected chi connectivity index (χ1v) is 10.1. The number of nitrogens with zero attached hydrogens (tertiary/aromatic N) is 5. The summed E-state index contributed by atoms with van der Waals surface area (Å²) in [5.41, 5.74) is 2.86. The molecule has 11 nitrogen and oxygen atoms in total. The fraction of sp³-hybridized carbons (Fsp3) is 0.182. The second kappa shape index (κ2) is 8.91. The van der Waals surface area contributed by atoms with Crippen molar-refractivity contribution in [2.75, 3.05) is 30.1 Å². The summed E-state index contributed by atoms with van der Waals surface area (Å²) < 4.78 is 10.0. The van der Waals surface area contributed by atoms with Gasteiger partial charge in [-0.15, -0.1) is 5.10 Å². The number of carbonyl (C=O) groups excluding carboxylic acids is 1. The highest BCUT2D eigenvalue weighted by Crippen LogP contribution is 2.28. The number of anilines is 4. The number of hydrogen-bond acceptors (Lipinski definition) is 7. The van der Waals surface area contributed by atoms with Gasteiger partial charge in [-0.05, 0) is 23.8 Å². The third-order valence-corrected chi connectivity index (χ3v) is 4.97. The summed E-state index contributed by atoms with van der Waals surface area (Å²) in [5, 5.41) is 13.3. The zero-order valence-corrected chi connectivity index (χ0v) is 18.5. The Kier molecular flexibility index (Phi) is 5.85. The van der Waals surface area contributed by atoms with Crippen molar-refractivity contribution in [1.82, 2.24) is 23.7 Å². The van der Waals surface area contributed by atoms with E-state index in [4.69, 9.17) is 4.74 Å². The second-order valence-corrected chi connectivity index (χ2v) is 7.25. The van der Waals surface area contributed by atoms with Gasteiger partial charge in [0.2, 0.25) is 5.91 Å². The van der Waals surface area contributed by atoms with Gasteiger partial charge < -0.3 is 20.7 Å². The van der Waals surface area contributed by atoms with E-state index >= 15 is 0 Å². The van der Waals surface area contributed by atoms with E-state index in [2.05, 4.69) is 32.6 Å². The van der Waals surface area contributed by atoms with Crippen LogP contribution in [0.4, 0.5) is 22.9 Å². The fourth-order valence-electron chi connectivity index (χ4n) is 3.50. The molecule has 0 aliphatic rings. The SMILES string of the molecule is C=CC(=O)Nc1cccc(Cn2cc(Nc3cn(C)nc3OC)c3ncc(NC)n3c2=O)c1. The average Bonchev–Trinajstić information content (AvgIpc) is 3.40. The molecule has 4 rings (SSSR count). The number of aryl methyl sites for hydroxylation is 1. The lowest BCUT2D eigenvalue weighted by molar-refractivity contribution is -0.111. The molecule has 33 heavy (non-hydrogen) atoms. The Morgan fingerprint density at radius 1 is 1.27 bits per heavy atom. The van der Waals surface area contributed by atoms with Crippen molar-refractivity contribution in [2.45, 2.75) is 6.54 Å². The quantitative estimate of drug-likeness (QED) is 0.354. The van der Waals surface area contributed by atoms with Crippen molar-refractivity contribution in [2.24, 2.45) is 7.05 Å². The van der Waals surface area contributed by atoms with Gasteiger partial charge in [0.25, 0.3) is 5.88 Å². The van der Waals surface area contributed by atoms with Gasteiger partial charge in [-0.3, -0.25) is 14.0 Å². The molecule has 0 saturated heterocycles. The molecule has 0 atom stereocenters. The molecule has 0 unspecified atom stereocenters. The van der Waals surface area contributed by atoms with Crippen molar-refractivity contribution < 1.29 is 9.53 Å². The molecule has 3 aromatic heterocycles. The average molecular weight is 448 g/mol. The minimum Gasteiger partial charge on any atom is -0.478 e. The summed E-state index contributed by atoms with van der Waals surface area (Å²) in [4.78, 5) is 29.4. The van der Waals surface area contributed by atoms with Gasteiger partial charge in [0.1, 0.15) is 11.5 Å². The predicted octanol–water partition coefficient (Wildman–Crippen LogP) is 2.20. The van der Waals surface area contributed by atoms with Gasteiger partial charge in [-0.25, -0.2) is 14.2 Å². The molecule has 1 aromatic carbocycles. The number of fused-ring (bicyclic) bond motifs is 1. The lowest BCUT2D eigenvalue weighted by Crippen LogP contribution is -2.28. The van der Waals surface area contributed by atoms with E-state index in [-0.39, 0.29) is 18.1 Å². The normalized spacial score (nSPS) is 10.8. The minimum atomic E-state index is -0.306. The Morgan fingerprint density at radius 3 is 2.82 bits per heavy atom. The Balaban J connectivity index is 1.78. The van der Waals surface area contributed by atoms with Crippen molar-refractivity contribution in [3.8, 4) is 5.88 Å². The molecule has 170 valence electrons. The zero-order valence-electron chi connectivity index (χ0n) is 18.5. The van der Waals surface area contributed by atoms with Gasteiger partial charge in [-0.2, -0.15) is 0 Å². The van der Waals surface area contributed by atoms with Crippen LogP contribution in [0.5, 0.6) is 5.88 Å². The van der Waals surface area contributed by atoms with E-state index in [9.17, 15) is 9.59 Å². The summed E-state index contributed by atoms with van der Waals surface area (Å²) in [7, 11) is 5.05. The molecule has 0 spiro atoms. The number of imidazole rings is 1. The van der Waals surface area contributed by atoms with Crippen LogP contribution in [0.3, 0.4) is 0 Å². The van der Waals surface area contributed by atoms with Crippen LogP contribution in [-0.4, -0.2) is 43.8 Å². The molecular weight excluding hydrogens is 424 g/mol. The standard InChI is InChI=1S/C22H24N8O3/c1-5-19(31)25-15-8-6-7-14(9-15)11-29-13-16(26-17-12-28(3)27-21(17)33-4)20-24-10-18(23-2)30(20)22(29)32/h5-10,12-13,23,26H,1,11H2,2-4H3,(H,25,31). The maximum atomic E-state index is 13.3. The van der Waals surface area contributed by atoms with Gasteiger partial charge in [0, 0.05) is 26.0 Å². The molecular formula is C22H24N8O3. The number of nitrogens with one attached hydrogen (secondary N) is 3. The molecule has 0 aliphatic heterocycles. The predicted molar refractivity (Wildman–Crippen MR) is 126 cm³/mol. The highest BCUT2D eigenvalue weighted by molar-refractivity contribution is 5.98. The van der Waals surface area contributed by atoms with Crippen LogP contribution in [0.1, 0.15) is 5.56 Å². The maximum Gasteiger partial charge on any atom is 0.335 e. The molecule has 3 N–H and O–H groups in total. The van der Waals surface area contributed by atoms with Crippen molar-refractivity contribution >= 4 is 34.4 Å². The Hall–Kier alpha value is -4.54. The molecule has 0 fully saturated rings. The second-order valence-electron chi connectivity index (χ2n) is 7.25. The van der Waals surface area contributed by atoms with Gasteiger partial charge in [-0.1, -0.05) is 18.7 Å². The highest BCUT2D eigenvalue weighted by atomic mass is 16.5. The van der Waals surface area contributed by atoms with Crippen molar-refractivity contribution in [1.29, 1.82) is 0 Å². The topological polar surface area (TPSA) is 120 Å². The lowest BCUT2D eigenvalue weighted by Gasteiger charge is -2.13. The van der Waals surface area contributed by atoms with Gasteiger partial charge >= 0.3 is 5.69 Å². The number of hydrogen-bond donors (Lipinski definition) is 3. The van der Waals surface area contributed by atoms with Crippen LogP contribution in [-0.2, 0) is 18.4 Å². The van der Waals surface area contributed by atoms with E-state index in [1.54, 1.807) is 48.0 Å². The molecule has 0 saturated carbocycles. The maximum absolute atomic E-state index is 13.3. The largest absolute Gasteiger partial charge is 0.478 e. The summed E-state index contributed by atoms with van der Waals surface area (Å²) in [6.45, 7) is 3.73. The monoisotopic (exact) mass is 448 g/mol. The van der Waals surface area contributed by atoms with E-state index in [1.807, 2.05) is 18.2 Å². The van der Waals surface area contributed by atoms with Crippen LogP contribution in [0.2, 0.25) is 0 Å². The third-order valence-electron chi connectivity index (χ3n) is 4.97. The summed E-state index contributed by atoms with van der Waals surface area (Å²) in [6.07, 6.45) is 6.27. The summed E-state index contributed by atoms with van der Waals surface area (Å²) in [5.74, 6) is 0.664. The first-order valence-electron chi connectivity index (χ1n) is 10.1. The Labute approximate surface area is 189 Å². The smallest absolute Gasteiger partial charge is 0.335 e. The Morgan fingerprint density at radius 2 is 2.09 bits per heavy atom. The molecule has 0 bridgehead atoms. The Bertz CT molecular complexity index is 1400. The highest BCUT2D eigenvalue weighted by Gasteiger charge is 2.17. The van der Waals surface area contributed by atoms with Gasteiger partial charge in [0.15, 0.2) is 5.65 Å². The van der Waals surface area contributed by atoms with Crippen molar-refractivity contribution in [3.05, 3.63) is 71.6 Å². The van der Waals surface area contributed by atoms with Crippen LogP contribution in [0.15, 0.2) is 60.3 Å². The molecule has 1 amide bonds. The number of amides is 1. The lowest BCUT2D eigenvalue weighted by atomic mass is 10.2. The van der Waals surface area contributed by atoms with Crippen LogP contribution >= 0.6 is 0 Å². The van der Waals surface area contributed by atoms with Crippen LogP contribution in [0.25, 0.3) is 5.65 Å². The summed E-state index contributed by atoms with van der Waals surface area (Å²) >= 11 is 0. The zero-order chi connectivity index (χ0) is 23.5. The number of benzene rings is 1. The molecule has 4 aromatic rings. The fourth-order valence-corrected chi connectivity index (χ4v) is 3.50. The molecule has 0 aliphatic carbocycles. The van der Waals surface area contributed by atoms with E-state index in [0.717, 1.165) is 5.56 Å². The van der Waals surface area contributed by atoms with Crippen molar-refractivity contribution in [3.63, 3.8) is 0 Å². The molecule has 11 heteroatoms. The van der Waals surface area contributed by atoms with E-state index in [0.29, 0.717) is 34.4 Å². The first kappa shape index (κ1) is 21.7. The molecule has 3 heterocycles. The number of aromatic nitrogens is 5.